The van der Waals surface area contributed by atoms with Gasteiger partial charge in [0.05, 0.1) is 13.7 Å². The van der Waals surface area contributed by atoms with Gasteiger partial charge in [-0.2, -0.15) is 0 Å². The molecule has 0 radical (unpaired) electrons. The topological polar surface area (TPSA) is 58.6 Å². The lowest BCUT2D eigenvalue weighted by Gasteiger charge is -2.18. The van der Waals surface area contributed by atoms with E-state index in [1.54, 1.807) is 25.3 Å². The summed E-state index contributed by atoms with van der Waals surface area (Å²) < 4.78 is 5.09. The highest BCUT2D eigenvalue weighted by molar-refractivity contribution is 5.94. The Morgan fingerprint density at radius 2 is 2.06 bits per heavy atom. The number of ether oxygens (including phenoxy) is 1. The molecule has 4 nitrogen and oxygen atoms in total. The van der Waals surface area contributed by atoms with E-state index in [4.69, 9.17) is 4.74 Å². The van der Waals surface area contributed by atoms with Gasteiger partial charge in [-0.25, -0.2) is 0 Å². The SMILES string of the molecule is COc1ccc(NC(=O)C(C)(C)C)cc1CO. The third kappa shape index (κ3) is 3.46. The van der Waals surface area contributed by atoms with Crippen LogP contribution >= 0.6 is 0 Å². The number of nitrogens with one attached hydrogen (secondary N) is 1. The predicted octanol–water partition coefficient (Wildman–Crippen LogP) is 2.17. The van der Waals surface area contributed by atoms with E-state index in [0.29, 0.717) is 17.0 Å². The van der Waals surface area contributed by atoms with Crippen LogP contribution in [0.2, 0.25) is 0 Å². The molecular formula is C13H19NO3. The van der Waals surface area contributed by atoms with Crippen molar-refractivity contribution < 1.29 is 14.6 Å². The van der Waals surface area contributed by atoms with Gasteiger partial charge in [-0.3, -0.25) is 4.79 Å². The fourth-order valence-electron chi connectivity index (χ4n) is 1.30. The molecule has 0 saturated heterocycles. The summed E-state index contributed by atoms with van der Waals surface area (Å²) in [4.78, 5) is 11.8. The number of amides is 1. The van der Waals surface area contributed by atoms with E-state index in [1.807, 2.05) is 20.8 Å². The van der Waals surface area contributed by atoms with Gasteiger partial charge < -0.3 is 15.2 Å². The van der Waals surface area contributed by atoms with Crippen molar-refractivity contribution in [3.05, 3.63) is 23.8 Å². The molecule has 0 heterocycles. The van der Waals surface area contributed by atoms with Gasteiger partial charge in [-0.15, -0.1) is 0 Å². The highest BCUT2D eigenvalue weighted by atomic mass is 16.5. The molecule has 94 valence electrons. The van der Waals surface area contributed by atoms with Crippen LogP contribution in [0.4, 0.5) is 5.69 Å². The molecule has 0 aromatic heterocycles. The molecule has 4 heteroatoms. The van der Waals surface area contributed by atoms with Crippen LogP contribution in [0.1, 0.15) is 26.3 Å². The highest BCUT2D eigenvalue weighted by Gasteiger charge is 2.21. The van der Waals surface area contributed by atoms with E-state index in [9.17, 15) is 9.90 Å². The zero-order valence-corrected chi connectivity index (χ0v) is 10.7. The molecule has 0 fully saturated rings. The first-order chi connectivity index (χ1) is 7.88. The quantitative estimate of drug-likeness (QED) is 0.847. The maximum atomic E-state index is 11.8. The number of carbonyl (C=O) groups is 1. The van der Waals surface area contributed by atoms with Crippen LogP contribution in [0, 0.1) is 5.41 Å². The van der Waals surface area contributed by atoms with Gasteiger partial charge in [-0.1, -0.05) is 20.8 Å². The van der Waals surface area contributed by atoms with E-state index >= 15 is 0 Å². The molecule has 0 atom stereocenters. The van der Waals surface area contributed by atoms with Crippen LogP contribution < -0.4 is 10.1 Å². The van der Waals surface area contributed by atoms with Crippen LogP contribution in [-0.2, 0) is 11.4 Å². The summed E-state index contributed by atoms with van der Waals surface area (Å²) >= 11 is 0. The van der Waals surface area contributed by atoms with Crippen molar-refractivity contribution in [2.45, 2.75) is 27.4 Å². The summed E-state index contributed by atoms with van der Waals surface area (Å²) in [6, 6.07) is 5.19. The smallest absolute Gasteiger partial charge is 0.229 e. The largest absolute Gasteiger partial charge is 0.496 e. The number of aliphatic hydroxyl groups is 1. The number of hydrogen-bond donors (Lipinski definition) is 2. The third-order valence-electron chi connectivity index (χ3n) is 2.39. The van der Waals surface area contributed by atoms with Crippen LogP contribution in [0.5, 0.6) is 5.75 Å². The average molecular weight is 237 g/mol. The Kier molecular flexibility index (Phi) is 4.12. The number of rotatable bonds is 3. The molecule has 0 saturated carbocycles. The molecule has 1 rings (SSSR count). The van der Waals surface area contributed by atoms with Gasteiger partial charge in [0.25, 0.3) is 0 Å². The zero-order valence-electron chi connectivity index (χ0n) is 10.7. The van der Waals surface area contributed by atoms with Gasteiger partial charge in [0.1, 0.15) is 5.75 Å². The summed E-state index contributed by atoms with van der Waals surface area (Å²) in [5, 5.41) is 12.0. The lowest BCUT2D eigenvalue weighted by atomic mass is 9.95. The molecule has 0 aliphatic rings. The first-order valence-corrected chi connectivity index (χ1v) is 5.47. The minimum atomic E-state index is -0.445. The van der Waals surface area contributed by atoms with Crippen LogP contribution in [0.3, 0.4) is 0 Å². The number of carbonyl (C=O) groups excluding carboxylic acids is 1. The second-order valence-electron chi connectivity index (χ2n) is 4.89. The van der Waals surface area contributed by atoms with Crippen molar-refractivity contribution in [3.63, 3.8) is 0 Å². The third-order valence-corrected chi connectivity index (χ3v) is 2.39. The summed E-state index contributed by atoms with van der Waals surface area (Å²) in [6.45, 7) is 5.42. The van der Waals surface area contributed by atoms with Gasteiger partial charge in [0.15, 0.2) is 0 Å². The van der Waals surface area contributed by atoms with Crippen molar-refractivity contribution >= 4 is 11.6 Å². The zero-order chi connectivity index (χ0) is 13.1. The lowest BCUT2D eigenvalue weighted by Crippen LogP contribution is -2.27. The number of anilines is 1. The number of methoxy groups -OCH3 is 1. The molecule has 0 unspecified atom stereocenters. The predicted molar refractivity (Wildman–Crippen MR) is 67.0 cm³/mol. The Bertz CT molecular complexity index is 408. The molecule has 1 aromatic carbocycles. The van der Waals surface area contributed by atoms with E-state index < -0.39 is 5.41 Å². The molecule has 0 aliphatic carbocycles. The minimum absolute atomic E-state index is 0.0634. The second-order valence-corrected chi connectivity index (χ2v) is 4.89. The monoisotopic (exact) mass is 237 g/mol. The first kappa shape index (κ1) is 13.5. The number of benzene rings is 1. The number of aliphatic hydroxyl groups excluding tert-OH is 1. The molecular weight excluding hydrogens is 218 g/mol. The Hall–Kier alpha value is -1.55. The molecule has 17 heavy (non-hydrogen) atoms. The Morgan fingerprint density at radius 1 is 1.41 bits per heavy atom. The van der Waals surface area contributed by atoms with Crippen molar-refractivity contribution in [3.8, 4) is 5.75 Å². The molecule has 0 spiro atoms. The maximum Gasteiger partial charge on any atom is 0.229 e. The van der Waals surface area contributed by atoms with Crippen molar-refractivity contribution in [2.75, 3.05) is 12.4 Å². The van der Waals surface area contributed by atoms with E-state index in [0.717, 1.165) is 0 Å². The molecule has 1 amide bonds. The Morgan fingerprint density at radius 3 is 2.53 bits per heavy atom. The molecule has 1 aromatic rings. The maximum absolute atomic E-state index is 11.8. The number of hydrogen-bond acceptors (Lipinski definition) is 3. The van der Waals surface area contributed by atoms with Gasteiger partial charge >= 0.3 is 0 Å². The van der Waals surface area contributed by atoms with E-state index in [2.05, 4.69) is 5.32 Å². The second kappa shape index (κ2) is 5.19. The lowest BCUT2D eigenvalue weighted by molar-refractivity contribution is -0.123. The van der Waals surface area contributed by atoms with Crippen molar-refractivity contribution in [2.24, 2.45) is 5.41 Å². The molecule has 0 bridgehead atoms. The van der Waals surface area contributed by atoms with Gasteiger partial charge in [-0.05, 0) is 18.2 Å². The van der Waals surface area contributed by atoms with Crippen LogP contribution in [0.25, 0.3) is 0 Å². The standard InChI is InChI=1S/C13H19NO3/c1-13(2,3)12(16)14-10-5-6-11(17-4)9(7-10)8-15/h5-7,15H,8H2,1-4H3,(H,14,16). The fraction of sp³-hybridized carbons (Fsp3) is 0.462. The van der Waals surface area contributed by atoms with Crippen molar-refractivity contribution in [1.29, 1.82) is 0 Å². The Labute approximate surface area is 102 Å². The first-order valence-electron chi connectivity index (χ1n) is 5.47. The van der Waals surface area contributed by atoms with Crippen LogP contribution in [0.15, 0.2) is 18.2 Å². The van der Waals surface area contributed by atoms with E-state index in [1.165, 1.54) is 0 Å². The summed E-state index contributed by atoms with van der Waals surface area (Å²) in [6.07, 6.45) is 0. The average Bonchev–Trinajstić information content (AvgIpc) is 2.27. The molecule has 0 aliphatic heterocycles. The highest BCUT2D eigenvalue weighted by Crippen LogP contribution is 2.24. The van der Waals surface area contributed by atoms with Gasteiger partial charge in [0.2, 0.25) is 5.91 Å². The Balaban J connectivity index is 2.90. The minimum Gasteiger partial charge on any atom is -0.496 e. The summed E-state index contributed by atoms with van der Waals surface area (Å²) in [5.41, 5.74) is 0.869. The summed E-state index contributed by atoms with van der Waals surface area (Å²) in [5.74, 6) is 0.549. The van der Waals surface area contributed by atoms with E-state index in [-0.39, 0.29) is 12.5 Å². The fourth-order valence-corrected chi connectivity index (χ4v) is 1.30. The molecule has 2 N–H and O–H groups in total. The van der Waals surface area contributed by atoms with Crippen molar-refractivity contribution in [1.82, 2.24) is 0 Å². The van der Waals surface area contributed by atoms with Gasteiger partial charge in [0, 0.05) is 16.7 Å². The normalized spacial score (nSPS) is 11.1. The summed E-state index contributed by atoms with van der Waals surface area (Å²) in [7, 11) is 1.54. The van der Waals surface area contributed by atoms with Crippen LogP contribution in [-0.4, -0.2) is 18.1 Å².